The predicted octanol–water partition coefficient (Wildman–Crippen LogP) is 3.38. The Hall–Kier alpha value is -1.49. The van der Waals surface area contributed by atoms with E-state index in [4.69, 9.17) is 4.74 Å². The van der Waals surface area contributed by atoms with Crippen LogP contribution in [0.1, 0.15) is 19.8 Å². The number of unbranched alkanes of at least 4 members (excludes halogenated alkanes) is 1. The van der Waals surface area contributed by atoms with Gasteiger partial charge in [0.15, 0.2) is 11.0 Å². The van der Waals surface area contributed by atoms with Gasteiger partial charge < -0.3 is 9.30 Å². The average Bonchev–Trinajstić information content (AvgIpc) is 2.80. The Labute approximate surface area is 118 Å². The van der Waals surface area contributed by atoms with Crippen molar-refractivity contribution in [3.05, 3.63) is 24.3 Å². The largest absolute Gasteiger partial charge is 0.496 e. The zero-order valence-electron chi connectivity index (χ0n) is 11.6. The minimum atomic E-state index is 0.822. The summed E-state index contributed by atoms with van der Waals surface area (Å²) in [6, 6.07) is 7.88. The first kappa shape index (κ1) is 13.9. The Morgan fingerprint density at radius 2 is 2.05 bits per heavy atom. The molecular formula is C14H19N3OS. The molecule has 0 aliphatic rings. The second-order valence-corrected chi connectivity index (χ2v) is 5.33. The molecule has 102 valence electrons. The first-order chi connectivity index (χ1) is 9.27. The summed E-state index contributed by atoms with van der Waals surface area (Å²) in [6.45, 7) is 2.19. The van der Waals surface area contributed by atoms with Gasteiger partial charge in [-0.3, -0.25) is 0 Å². The van der Waals surface area contributed by atoms with Crippen LogP contribution in [-0.4, -0.2) is 27.6 Å². The molecule has 0 N–H and O–H groups in total. The van der Waals surface area contributed by atoms with E-state index in [1.807, 2.05) is 35.9 Å². The normalized spacial score (nSPS) is 10.7. The smallest absolute Gasteiger partial charge is 0.191 e. The van der Waals surface area contributed by atoms with Crippen molar-refractivity contribution >= 4 is 11.8 Å². The van der Waals surface area contributed by atoms with Gasteiger partial charge in [-0.1, -0.05) is 37.2 Å². The van der Waals surface area contributed by atoms with Crippen LogP contribution >= 0.6 is 11.8 Å². The molecule has 1 heterocycles. The second-order valence-electron chi connectivity index (χ2n) is 4.27. The predicted molar refractivity (Wildman–Crippen MR) is 78.6 cm³/mol. The molecule has 0 unspecified atom stereocenters. The lowest BCUT2D eigenvalue weighted by molar-refractivity contribution is 0.416. The fourth-order valence-corrected chi connectivity index (χ4v) is 2.81. The number of para-hydroxylation sites is 1. The highest BCUT2D eigenvalue weighted by Crippen LogP contribution is 2.30. The summed E-state index contributed by atoms with van der Waals surface area (Å²) < 4.78 is 7.40. The zero-order valence-corrected chi connectivity index (χ0v) is 12.4. The van der Waals surface area contributed by atoms with Gasteiger partial charge in [-0.25, -0.2) is 0 Å². The average molecular weight is 277 g/mol. The first-order valence-corrected chi connectivity index (χ1v) is 7.42. The third-order valence-electron chi connectivity index (χ3n) is 2.91. The molecule has 0 aliphatic heterocycles. The van der Waals surface area contributed by atoms with Crippen molar-refractivity contribution in [2.24, 2.45) is 7.05 Å². The van der Waals surface area contributed by atoms with E-state index in [9.17, 15) is 0 Å². The first-order valence-electron chi connectivity index (χ1n) is 6.43. The Bertz CT molecular complexity index is 539. The van der Waals surface area contributed by atoms with E-state index < -0.39 is 0 Å². The number of thioether (sulfide) groups is 1. The molecule has 0 saturated carbocycles. The Balaban J connectivity index is 2.26. The number of hydrogen-bond acceptors (Lipinski definition) is 4. The summed E-state index contributed by atoms with van der Waals surface area (Å²) in [7, 11) is 3.67. The number of rotatable bonds is 6. The van der Waals surface area contributed by atoms with E-state index in [0.29, 0.717) is 0 Å². The standard InChI is InChI=1S/C14H19N3OS/c1-4-5-10-19-14-16-15-13(17(14)2)11-8-6-7-9-12(11)18-3/h6-9H,4-5,10H2,1-3H3. The van der Waals surface area contributed by atoms with E-state index in [0.717, 1.165) is 28.0 Å². The Morgan fingerprint density at radius 3 is 2.79 bits per heavy atom. The summed E-state index contributed by atoms with van der Waals surface area (Å²) >= 11 is 1.75. The summed E-state index contributed by atoms with van der Waals surface area (Å²) in [5.74, 6) is 2.74. The number of hydrogen-bond donors (Lipinski definition) is 0. The molecular weight excluding hydrogens is 258 g/mol. The molecule has 0 fully saturated rings. The van der Waals surface area contributed by atoms with Crippen molar-refractivity contribution in [3.63, 3.8) is 0 Å². The van der Waals surface area contributed by atoms with Gasteiger partial charge in [-0.05, 0) is 18.6 Å². The summed E-state index contributed by atoms with van der Waals surface area (Å²) in [5.41, 5.74) is 0.974. The fourth-order valence-electron chi connectivity index (χ4n) is 1.81. The van der Waals surface area contributed by atoms with E-state index >= 15 is 0 Å². The zero-order chi connectivity index (χ0) is 13.7. The Kier molecular flexibility index (Phi) is 4.85. The summed E-state index contributed by atoms with van der Waals surface area (Å²) in [4.78, 5) is 0. The quantitative estimate of drug-likeness (QED) is 0.599. The minimum Gasteiger partial charge on any atom is -0.496 e. The molecule has 0 aliphatic carbocycles. The maximum Gasteiger partial charge on any atom is 0.191 e. The second kappa shape index (κ2) is 6.61. The highest BCUT2D eigenvalue weighted by Gasteiger charge is 2.14. The van der Waals surface area contributed by atoms with E-state index in [-0.39, 0.29) is 0 Å². The highest BCUT2D eigenvalue weighted by atomic mass is 32.2. The third kappa shape index (κ3) is 3.10. The summed E-state index contributed by atoms with van der Waals surface area (Å²) in [5, 5.41) is 9.50. The maximum atomic E-state index is 5.37. The van der Waals surface area contributed by atoms with Gasteiger partial charge >= 0.3 is 0 Å². The number of methoxy groups -OCH3 is 1. The van der Waals surface area contributed by atoms with Gasteiger partial charge in [0, 0.05) is 12.8 Å². The van der Waals surface area contributed by atoms with E-state index in [1.165, 1.54) is 12.8 Å². The monoisotopic (exact) mass is 277 g/mol. The van der Waals surface area contributed by atoms with Crippen LogP contribution in [0.5, 0.6) is 5.75 Å². The molecule has 4 nitrogen and oxygen atoms in total. The van der Waals surface area contributed by atoms with Gasteiger partial charge in [0.2, 0.25) is 0 Å². The number of aromatic nitrogens is 3. The SMILES string of the molecule is CCCCSc1nnc(-c2ccccc2OC)n1C. The third-order valence-corrected chi connectivity index (χ3v) is 4.02. The lowest BCUT2D eigenvalue weighted by Gasteiger charge is -2.07. The molecule has 0 saturated heterocycles. The van der Waals surface area contributed by atoms with Crippen molar-refractivity contribution in [1.82, 2.24) is 14.8 Å². The lowest BCUT2D eigenvalue weighted by atomic mass is 10.2. The maximum absolute atomic E-state index is 5.37. The van der Waals surface area contributed by atoms with Crippen molar-refractivity contribution in [2.45, 2.75) is 24.9 Å². The lowest BCUT2D eigenvalue weighted by Crippen LogP contribution is -1.97. The van der Waals surface area contributed by atoms with Crippen LogP contribution in [0.2, 0.25) is 0 Å². The molecule has 5 heteroatoms. The van der Waals surface area contributed by atoms with Crippen molar-refractivity contribution in [1.29, 1.82) is 0 Å². The van der Waals surface area contributed by atoms with Crippen LogP contribution in [0.3, 0.4) is 0 Å². The summed E-state index contributed by atoms with van der Waals surface area (Å²) in [6.07, 6.45) is 2.39. The van der Waals surface area contributed by atoms with Crippen LogP contribution in [-0.2, 0) is 7.05 Å². The van der Waals surface area contributed by atoms with Gasteiger partial charge in [0.1, 0.15) is 5.75 Å². The molecule has 0 amide bonds. The number of nitrogens with zero attached hydrogens (tertiary/aromatic N) is 3. The van der Waals surface area contributed by atoms with Crippen LogP contribution in [0.15, 0.2) is 29.4 Å². The fraction of sp³-hybridized carbons (Fsp3) is 0.429. The molecule has 0 bridgehead atoms. The molecule has 2 aromatic rings. The van der Waals surface area contributed by atoms with Gasteiger partial charge in [-0.2, -0.15) is 0 Å². The molecule has 0 radical (unpaired) electrons. The topological polar surface area (TPSA) is 39.9 Å². The molecule has 0 atom stereocenters. The van der Waals surface area contributed by atoms with Crippen LogP contribution in [0.4, 0.5) is 0 Å². The minimum absolute atomic E-state index is 0.822. The molecule has 1 aromatic heterocycles. The number of ether oxygens (including phenoxy) is 1. The van der Waals surface area contributed by atoms with E-state index in [2.05, 4.69) is 17.1 Å². The van der Waals surface area contributed by atoms with Crippen LogP contribution in [0, 0.1) is 0 Å². The van der Waals surface area contributed by atoms with Crippen LogP contribution in [0.25, 0.3) is 11.4 Å². The molecule has 19 heavy (non-hydrogen) atoms. The van der Waals surface area contributed by atoms with E-state index in [1.54, 1.807) is 18.9 Å². The molecule has 1 aromatic carbocycles. The highest BCUT2D eigenvalue weighted by molar-refractivity contribution is 7.99. The molecule has 2 rings (SSSR count). The van der Waals surface area contributed by atoms with Crippen molar-refractivity contribution in [3.8, 4) is 17.1 Å². The van der Waals surface area contributed by atoms with Gasteiger partial charge in [-0.15, -0.1) is 10.2 Å². The number of benzene rings is 1. The van der Waals surface area contributed by atoms with Crippen molar-refractivity contribution < 1.29 is 4.74 Å². The van der Waals surface area contributed by atoms with Crippen LogP contribution < -0.4 is 4.74 Å². The van der Waals surface area contributed by atoms with Gasteiger partial charge in [0.25, 0.3) is 0 Å². The Morgan fingerprint density at radius 1 is 1.26 bits per heavy atom. The van der Waals surface area contributed by atoms with Gasteiger partial charge in [0.05, 0.1) is 12.7 Å². The molecule has 0 spiro atoms. The van der Waals surface area contributed by atoms with Crippen molar-refractivity contribution in [2.75, 3.05) is 12.9 Å².